The number of alkyl halides is 2. The summed E-state index contributed by atoms with van der Waals surface area (Å²) in [6.07, 6.45) is 0.890. The minimum Gasteiger partial charge on any atom is -0.495 e. The molecule has 1 aromatic rings. The smallest absolute Gasteiger partial charge is 0.273 e. The van der Waals surface area contributed by atoms with Gasteiger partial charge in [0.2, 0.25) is 10.0 Å². The zero-order valence-electron chi connectivity index (χ0n) is 11.8. The van der Waals surface area contributed by atoms with Crippen molar-refractivity contribution in [2.24, 2.45) is 5.73 Å². The first kappa shape index (κ1) is 18.7. The van der Waals surface area contributed by atoms with Gasteiger partial charge in [-0.25, -0.2) is 30.3 Å². The molecule has 0 spiro atoms. The molecule has 1 rings (SSSR count). The maximum atomic E-state index is 13.1. The molecule has 0 unspecified atom stereocenters. The summed E-state index contributed by atoms with van der Waals surface area (Å²) in [7, 11) is -6.91. The van der Waals surface area contributed by atoms with E-state index in [0.717, 1.165) is 24.5 Å². The monoisotopic (exact) mass is 358 g/mol. The van der Waals surface area contributed by atoms with Crippen LogP contribution in [-0.4, -0.2) is 49.2 Å². The van der Waals surface area contributed by atoms with Crippen LogP contribution >= 0.6 is 0 Å². The van der Waals surface area contributed by atoms with E-state index in [9.17, 15) is 25.6 Å². The van der Waals surface area contributed by atoms with Gasteiger partial charge in [-0.15, -0.1) is 0 Å². The van der Waals surface area contributed by atoms with Gasteiger partial charge in [-0.1, -0.05) is 0 Å². The van der Waals surface area contributed by atoms with Gasteiger partial charge < -0.3 is 10.5 Å². The van der Waals surface area contributed by atoms with Crippen LogP contribution in [0.25, 0.3) is 0 Å². The number of ether oxygens (including phenoxy) is 1. The number of nitrogens with one attached hydrogen (secondary N) is 1. The van der Waals surface area contributed by atoms with Gasteiger partial charge in [0, 0.05) is 6.26 Å². The van der Waals surface area contributed by atoms with Crippen LogP contribution in [0.4, 0.5) is 8.78 Å². The Morgan fingerprint density at radius 2 is 1.86 bits per heavy atom. The summed E-state index contributed by atoms with van der Waals surface area (Å²) in [6.45, 7) is -2.24. The first-order valence-corrected chi connectivity index (χ1v) is 9.26. The van der Waals surface area contributed by atoms with E-state index in [0.29, 0.717) is 0 Å². The molecule has 22 heavy (non-hydrogen) atoms. The van der Waals surface area contributed by atoms with Crippen molar-refractivity contribution in [2.75, 3.05) is 26.5 Å². The summed E-state index contributed by atoms with van der Waals surface area (Å²) in [5.74, 6) is -3.59. The molecule has 3 N–H and O–H groups in total. The highest BCUT2D eigenvalue weighted by Crippen LogP contribution is 2.27. The van der Waals surface area contributed by atoms with Gasteiger partial charge in [0.1, 0.15) is 10.6 Å². The number of nitrogens with two attached hydrogens (primary N) is 1. The van der Waals surface area contributed by atoms with Crippen molar-refractivity contribution in [1.82, 2.24) is 4.72 Å². The van der Waals surface area contributed by atoms with Crippen LogP contribution in [0.1, 0.15) is 0 Å². The Morgan fingerprint density at radius 3 is 2.32 bits per heavy atom. The van der Waals surface area contributed by atoms with E-state index in [1.807, 2.05) is 0 Å². The molecule has 0 aliphatic carbocycles. The third kappa shape index (κ3) is 4.60. The molecule has 0 aromatic heterocycles. The maximum Gasteiger partial charge on any atom is 0.273 e. The Bertz CT molecular complexity index is 748. The average Bonchev–Trinajstić information content (AvgIpc) is 2.44. The largest absolute Gasteiger partial charge is 0.495 e. The number of benzene rings is 1. The fourth-order valence-electron chi connectivity index (χ4n) is 1.45. The molecule has 0 atom stereocenters. The molecular weight excluding hydrogens is 342 g/mol. The quantitative estimate of drug-likeness (QED) is 0.707. The van der Waals surface area contributed by atoms with Crippen LogP contribution in [0.5, 0.6) is 5.75 Å². The van der Waals surface area contributed by atoms with E-state index in [-0.39, 0.29) is 10.6 Å². The highest BCUT2D eigenvalue weighted by Gasteiger charge is 2.31. The predicted octanol–water partition coefficient (Wildman–Crippen LogP) is -0.0290. The molecule has 0 amide bonds. The Balaban J connectivity index is 3.28. The number of methoxy groups -OCH3 is 1. The van der Waals surface area contributed by atoms with Gasteiger partial charge in [0.25, 0.3) is 5.92 Å². The maximum absolute atomic E-state index is 13.1. The molecular formula is C11H16F2N2O5S2. The van der Waals surface area contributed by atoms with E-state index < -0.39 is 43.8 Å². The van der Waals surface area contributed by atoms with E-state index in [1.165, 1.54) is 7.11 Å². The number of sulfonamides is 1. The Labute approximate surface area is 127 Å². The topological polar surface area (TPSA) is 116 Å². The van der Waals surface area contributed by atoms with Crippen molar-refractivity contribution in [3.05, 3.63) is 18.2 Å². The molecule has 0 heterocycles. The highest BCUT2D eigenvalue weighted by molar-refractivity contribution is 7.91. The average molecular weight is 358 g/mol. The number of sulfone groups is 1. The lowest BCUT2D eigenvalue weighted by atomic mass is 10.3. The van der Waals surface area contributed by atoms with E-state index in [4.69, 9.17) is 10.5 Å². The van der Waals surface area contributed by atoms with Crippen LogP contribution in [-0.2, 0) is 19.9 Å². The van der Waals surface area contributed by atoms with Crippen molar-refractivity contribution in [2.45, 2.75) is 15.7 Å². The van der Waals surface area contributed by atoms with Crippen molar-refractivity contribution >= 4 is 19.9 Å². The fourth-order valence-corrected chi connectivity index (χ4v) is 3.42. The van der Waals surface area contributed by atoms with E-state index in [1.54, 1.807) is 4.72 Å². The van der Waals surface area contributed by atoms with E-state index in [2.05, 4.69) is 0 Å². The van der Waals surface area contributed by atoms with Crippen LogP contribution < -0.4 is 15.2 Å². The lowest BCUT2D eigenvalue weighted by molar-refractivity contribution is 0.0170. The Morgan fingerprint density at radius 1 is 1.27 bits per heavy atom. The standard InChI is InChI=1S/C11H16F2N2O5S2/c1-20-9-4-3-8(21(2,16)17)5-10(9)22(18,19)15-7-11(12,13)6-14/h3-5,15H,6-7,14H2,1-2H3. The molecule has 7 nitrogen and oxygen atoms in total. The number of rotatable bonds is 7. The van der Waals surface area contributed by atoms with Gasteiger partial charge >= 0.3 is 0 Å². The molecule has 0 aliphatic rings. The molecule has 126 valence electrons. The number of hydrogen-bond donors (Lipinski definition) is 2. The molecule has 0 saturated carbocycles. The van der Waals surface area contributed by atoms with Gasteiger partial charge in [0.05, 0.1) is 25.1 Å². The molecule has 0 fully saturated rings. The normalized spacial score (nSPS) is 13.1. The summed E-state index contributed by atoms with van der Waals surface area (Å²) in [5.41, 5.74) is 4.82. The third-order valence-electron chi connectivity index (χ3n) is 2.67. The van der Waals surface area contributed by atoms with Gasteiger partial charge in [-0.3, -0.25) is 0 Å². The van der Waals surface area contributed by atoms with Crippen molar-refractivity contribution in [3.63, 3.8) is 0 Å². The minimum atomic E-state index is -4.40. The second-order valence-corrected chi connectivity index (χ2v) is 8.22. The molecule has 1 aromatic carbocycles. The Kier molecular flexibility index (Phi) is 5.49. The molecule has 0 aliphatic heterocycles. The first-order valence-electron chi connectivity index (χ1n) is 5.88. The number of hydrogen-bond acceptors (Lipinski definition) is 6. The number of halogens is 2. The minimum absolute atomic E-state index is 0.170. The van der Waals surface area contributed by atoms with Gasteiger partial charge in [-0.05, 0) is 18.2 Å². The second kappa shape index (κ2) is 6.44. The summed E-state index contributed by atoms with van der Waals surface area (Å²) in [4.78, 5) is -0.829. The Hall–Kier alpha value is -1.30. The lowest BCUT2D eigenvalue weighted by Crippen LogP contribution is -2.41. The van der Waals surface area contributed by atoms with Gasteiger partial charge in [-0.2, -0.15) is 0 Å². The van der Waals surface area contributed by atoms with Crippen LogP contribution in [0, 0.1) is 0 Å². The van der Waals surface area contributed by atoms with Crippen LogP contribution in [0.3, 0.4) is 0 Å². The molecule has 0 bridgehead atoms. The predicted molar refractivity (Wildman–Crippen MR) is 75.3 cm³/mol. The SMILES string of the molecule is COc1ccc(S(C)(=O)=O)cc1S(=O)(=O)NCC(F)(F)CN. The van der Waals surface area contributed by atoms with Crippen molar-refractivity contribution in [3.8, 4) is 5.75 Å². The zero-order chi connectivity index (χ0) is 17.2. The van der Waals surface area contributed by atoms with Crippen molar-refractivity contribution < 1.29 is 30.4 Å². The van der Waals surface area contributed by atoms with E-state index >= 15 is 0 Å². The molecule has 0 radical (unpaired) electrons. The molecule has 11 heteroatoms. The fraction of sp³-hybridized carbons (Fsp3) is 0.455. The third-order valence-corrected chi connectivity index (χ3v) is 5.20. The zero-order valence-corrected chi connectivity index (χ0v) is 13.5. The molecule has 0 saturated heterocycles. The lowest BCUT2D eigenvalue weighted by Gasteiger charge is -2.16. The van der Waals surface area contributed by atoms with Crippen LogP contribution in [0.2, 0.25) is 0 Å². The summed E-state index contributed by atoms with van der Waals surface area (Å²) >= 11 is 0. The van der Waals surface area contributed by atoms with Crippen LogP contribution in [0.15, 0.2) is 28.0 Å². The first-order chi connectivity index (χ1) is 9.93. The summed E-state index contributed by atoms with van der Waals surface area (Å²) < 4.78 is 79.8. The summed E-state index contributed by atoms with van der Waals surface area (Å²) in [6, 6.07) is 3.13. The highest BCUT2D eigenvalue weighted by atomic mass is 32.2. The van der Waals surface area contributed by atoms with Crippen molar-refractivity contribution in [1.29, 1.82) is 0 Å². The summed E-state index contributed by atoms with van der Waals surface area (Å²) in [5, 5.41) is 0. The second-order valence-electron chi connectivity index (χ2n) is 4.47. The van der Waals surface area contributed by atoms with Gasteiger partial charge in [0.15, 0.2) is 9.84 Å².